The molecule has 0 N–H and O–H groups in total. The maximum Gasteiger partial charge on any atom is 0.159 e. The van der Waals surface area contributed by atoms with Gasteiger partial charge < -0.3 is 0 Å². The molecule has 0 saturated heterocycles. The minimum atomic E-state index is -0.997. The highest BCUT2D eigenvalue weighted by Crippen LogP contribution is 2.27. The molecule has 72 valence electrons. The minimum absolute atomic E-state index is 0.0108. The molecule has 0 spiro atoms. The first-order valence-corrected chi connectivity index (χ1v) is 4.31. The molecule has 0 unspecified atom stereocenters. The summed E-state index contributed by atoms with van der Waals surface area (Å²) >= 11 is 11.3. The highest BCUT2D eigenvalue weighted by atomic mass is 35.5. The summed E-state index contributed by atoms with van der Waals surface area (Å²) in [5.41, 5.74) is 0. The largest absolute Gasteiger partial charge is 0.204 e. The van der Waals surface area contributed by atoms with Crippen LogP contribution in [0.15, 0.2) is 12.1 Å². The van der Waals surface area contributed by atoms with Crippen LogP contribution in [-0.4, -0.2) is 10.2 Å². The summed E-state index contributed by atoms with van der Waals surface area (Å²) in [4.78, 5) is 0. The van der Waals surface area contributed by atoms with E-state index in [-0.39, 0.29) is 21.1 Å². The van der Waals surface area contributed by atoms with Gasteiger partial charge in [0.25, 0.3) is 0 Å². The number of aromatic nitrogens is 2. The molecule has 0 saturated carbocycles. The van der Waals surface area contributed by atoms with E-state index in [1.54, 1.807) is 0 Å². The molecule has 1 heterocycles. The standard InChI is InChI=1S/C8H2Cl2F2N2/c9-7-3-1-5(11)6(12)2-4(3)8(10)14-13-7/h1-2H. The smallest absolute Gasteiger partial charge is 0.159 e. The molecule has 1 aromatic carbocycles. The zero-order chi connectivity index (χ0) is 10.3. The van der Waals surface area contributed by atoms with Crippen molar-refractivity contribution in [3.63, 3.8) is 0 Å². The van der Waals surface area contributed by atoms with E-state index in [0.717, 1.165) is 12.1 Å². The summed E-state index contributed by atoms with van der Waals surface area (Å²) < 4.78 is 25.7. The Morgan fingerprint density at radius 3 is 1.57 bits per heavy atom. The fraction of sp³-hybridized carbons (Fsp3) is 0. The highest BCUT2D eigenvalue weighted by Gasteiger charge is 2.11. The van der Waals surface area contributed by atoms with Gasteiger partial charge in [0, 0.05) is 10.8 Å². The van der Waals surface area contributed by atoms with Gasteiger partial charge in [-0.05, 0) is 12.1 Å². The van der Waals surface area contributed by atoms with Crippen molar-refractivity contribution in [1.29, 1.82) is 0 Å². The van der Waals surface area contributed by atoms with Crippen LogP contribution in [-0.2, 0) is 0 Å². The van der Waals surface area contributed by atoms with Crippen molar-refractivity contribution in [2.24, 2.45) is 0 Å². The number of hydrogen-bond acceptors (Lipinski definition) is 2. The van der Waals surface area contributed by atoms with E-state index in [0.29, 0.717) is 0 Å². The van der Waals surface area contributed by atoms with Crippen LogP contribution < -0.4 is 0 Å². The van der Waals surface area contributed by atoms with Gasteiger partial charge in [0.1, 0.15) is 0 Å². The number of rotatable bonds is 0. The van der Waals surface area contributed by atoms with Crippen LogP contribution in [0, 0.1) is 11.6 Å². The molecular weight excluding hydrogens is 233 g/mol. The Kier molecular flexibility index (Phi) is 2.25. The lowest BCUT2D eigenvalue weighted by atomic mass is 10.2. The number of benzene rings is 1. The van der Waals surface area contributed by atoms with E-state index in [4.69, 9.17) is 23.2 Å². The first-order valence-electron chi connectivity index (χ1n) is 3.56. The second-order valence-electron chi connectivity index (χ2n) is 2.59. The summed E-state index contributed by atoms with van der Waals surface area (Å²) in [7, 11) is 0. The molecule has 2 rings (SSSR count). The third-order valence-electron chi connectivity index (χ3n) is 1.73. The Bertz CT molecular complexity index is 470. The van der Waals surface area contributed by atoms with E-state index in [1.807, 2.05) is 0 Å². The first kappa shape index (κ1) is 9.55. The molecule has 0 aliphatic rings. The van der Waals surface area contributed by atoms with Crippen molar-refractivity contribution < 1.29 is 8.78 Å². The summed E-state index contributed by atoms with van der Waals surface area (Å²) in [5.74, 6) is -1.99. The summed E-state index contributed by atoms with van der Waals surface area (Å²) in [6, 6.07) is 1.88. The molecule has 0 radical (unpaired) electrons. The van der Waals surface area contributed by atoms with Crippen LogP contribution in [0.2, 0.25) is 10.3 Å². The van der Waals surface area contributed by atoms with Crippen LogP contribution >= 0.6 is 23.2 Å². The van der Waals surface area contributed by atoms with E-state index in [1.165, 1.54) is 0 Å². The zero-order valence-corrected chi connectivity index (χ0v) is 8.07. The Labute approximate surface area is 87.5 Å². The number of fused-ring (bicyclic) bond motifs is 1. The van der Waals surface area contributed by atoms with Gasteiger partial charge in [0.05, 0.1) is 0 Å². The van der Waals surface area contributed by atoms with Gasteiger partial charge in [0.15, 0.2) is 21.9 Å². The minimum Gasteiger partial charge on any atom is -0.204 e. The average molecular weight is 235 g/mol. The quantitative estimate of drug-likeness (QED) is 0.700. The number of nitrogens with zero attached hydrogens (tertiary/aromatic N) is 2. The van der Waals surface area contributed by atoms with Crippen LogP contribution in [0.5, 0.6) is 0 Å². The normalized spacial score (nSPS) is 10.9. The molecule has 0 atom stereocenters. The summed E-state index contributed by atoms with van der Waals surface area (Å²) in [6.45, 7) is 0. The average Bonchev–Trinajstić information content (AvgIpc) is 2.15. The van der Waals surface area contributed by atoms with Gasteiger partial charge in [-0.3, -0.25) is 0 Å². The van der Waals surface area contributed by atoms with E-state index < -0.39 is 11.6 Å². The van der Waals surface area contributed by atoms with Gasteiger partial charge >= 0.3 is 0 Å². The monoisotopic (exact) mass is 234 g/mol. The van der Waals surface area contributed by atoms with E-state index in [9.17, 15) is 8.78 Å². The zero-order valence-electron chi connectivity index (χ0n) is 6.56. The molecule has 2 aromatic rings. The van der Waals surface area contributed by atoms with Gasteiger partial charge in [-0.1, -0.05) is 23.2 Å². The highest BCUT2D eigenvalue weighted by molar-refractivity contribution is 6.38. The fourth-order valence-corrected chi connectivity index (χ4v) is 1.47. The molecule has 6 heteroatoms. The second kappa shape index (κ2) is 3.29. The van der Waals surface area contributed by atoms with Crippen LogP contribution in [0.25, 0.3) is 10.8 Å². The van der Waals surface area contributed by atoms with Crippen LogP contribution in [0.4, 0.5) is 8.78 Å². The maximum atomic E-state index is 12.8. The second-order valence-corrected chi connectivity index (χ2v) is 3.31. The lowest BCUT2D eigenvalue weighted by molar-refractivity contribution is 0.511. The predicted octanol–water partition coefficient (Wildman–Crippen LogP) is 3.21. The van der Waals surface area contributed by atoms with Crippen molar-refractivity contribution in [2.45, 2.75) is 0 Å². The third-order valence-corrected chi connectivity index (χ3v) is 2.29. The van der Waals surface area contributed by atoms with E-state index in [2.05, 4.69) is 10.2 Å². The first-order chi connectivity index (χ1) is 6.59. The van der Waals surface area contributed by atoms with Crippen molar-refractivity contribution in [3.8, 4) is 0 Å². The lowest BCUT2D eigenvalue weighted by Gasteiger charge is -2.01. The third kappa shape index (κ3) is 1.40. The Morgan fingerprint density at radius 2 is 1.21 bits per heavy atom. The summed E-state index contributed by atoms with van der Waals surface area (Å²) in [5, 5.41) is 7.40. The Morgan fingerprint density at radius 1 is 0.857 bits per heavy atom. The molecule has 0 amide bonds. The molecule has 1 aromatic heterocycles. The molecule has 2 nitrogen and oxygen atoms in total. The Hall–Kier alpha value is -1.00. The molecule has 0 aliphatic heterocycles. The van der Waals surface area contributed by atoms with E-state index >= 15 is 0 Å². The van der Waals surface area contributed by atoms with Crippen LogP contribution in [0.3, 0.4) is 0 Å². The van der Waals surface area contributed by atoms with Gasteiger partial charge in [-0.15, -0.1) is 10.2 Å². The molecule has 0 fully saturated rings. The van der Waals surface area contributed by atoms with Crippen molar-refractivity contribution >= 4 is 34.0 Å². The number of halogens is 4. The molecule has 0 aliphatic carbocycles. The van der Waals surface area contributed by atoms with Gasteiger partial charge in [-0.2, -0.15) is 0 Å². The number of hydrogen-bond donors (Lipinski definition) is 0. The van der Waals surface area contributed by atoms with Crippen molar-refractivity contribution in [3.05, 3.63) is 34.1 Å². The van der Waals surface area contributed by atoms with Gasteiger partial charge in [-0.25, -0.2) is 8.78 Å². The molecular formula is C8H2Cl2F2N2. The molecule has 0 bridgehead atoms. The SMILES string of the molecule is Fc1cc2c(Cl)nnc(Cl)c2cc1F. The summed E-state index contributed by atoms with van der Waals surface area (Å²) in [6.07, 6.45) is 0. The van der Waals surface area contributed by atoms with Crippen molar-refractivity contribution in [1.82, 2.24) is 10.2 Å². The molecule has 14 heavy (non-hydrogen) atoms. The predicted molar refractivity (Wildman–Crippen MR) is 49.5 cm³/mol. The van der Waals surface area contributed by atoms with Crippen molar-refractivity contribution in [2.75, 3.05) is 0 Å². The fourth-order valence-electron chi connectivity index (χ4n) is 1.08. The Balaban J connectivity index is 2.94. The topological polar surface area (TPSA) is 25.8 Å². The van der Waals surface area contributed by atoms with Crippen LogP contribution in [0.1, 0.15) is 0 Å². The lowest BCUT2D eigenvalue weighted by Crippen LogP contribution is -1.90. The maximum absolute atomic E-state index is 12.8. The van der Waals surface area contributed by atoms with Gasteiger partial charge in [0.2, 0.25) is 0 Å².